The summed E-state index contributed by atoms with van der Waals surface area (Å²) in [6.07, 6.45) is 1.10. The van der Waals surface area contributed by atoms with Crippen LogP contribution in [0.2, 0.25) is 5.02 Å². The molecule has 3 rings (SSSR count). The minimum Gasteiger partial charge on any atom is -0.506 e. The second-order valence-corrected chi connectivity index (χ2v) is 6.59. The number of aromatic hydroxyl groups is 1. The van der Waals surface area contributed by atoms with E-state index in [1.165, 1.54) is 24.3 Å². The maximum atomic E-state index is 13.4. The van der Waals surface area contributed by atoms with Gasteiger partial charge in [0.1, 0.15) is 17.1 Å². The van der Waals surface area contributed by atoms with Gasteiger partial charge in [-0.2, -0.15) is 0 Å². The van der Waals surface area contributed by atoms with Crippen molar-refractivity contribution in [2.24, 2.45) is 0 Å². The van der Waals surface area contributed by atoms with Crippen LogP contribution in [0.3, 0.4) is 0 Å². The number of benzene rings is 2. The number of nitrogens with one attached hydrogen (secondary N) is 1. The lowest BCUT2D eigenvalue weighted by atomic mass is 10.1. The van der Waals surface area contributed by atoms with Crippen molar-refractivity contribution in [3.8, 4) is 5.75 Å². The van der Waals surface area contributed by atoms with E-state index in [1.807, 2.05) is 5.32 Å². The fourth-order valence-electron chi connectivity index (χ4n) is 2.36. The number of anilines is 1. The molecule has 1 fully saturated rings. The third-order valence-electron chi connectivity index (χ3n) is 3.53. The van der Waals surface area contributed by atoms with Crippen LogP contribution in [0.1, 0.15) is 5.56 Å². The Labute approximate surface area is 160 Å². The average molecular weight is 440 g/mol. The van der Waals surface area contributed by atoms with Gasteiger partial charge >= 0.3 is 6.03 Å². The molecule has 1 heterocycles. The largest absolute Gasteiger partial charge is 0.506 e. The van der Waals surface area contributed by atoms with E-state index in [-0.39, 0.29) is 22.0 Å². The van der Waals surface area contributed by atoms with Crippen molar-refractivity contribution in [3.63, 3.8) is 0 Å². The molecule has 4 amide bonds. The Morgan fingerprint density at radius 1 is 1.19 bits per heavy atom. The third kappa shape index (κ3) is 3.33. The summed E-state index contributed by atoms with van der Waals surface area (Å²) in [6, 6.07) is 6.69. The topological polar surface area (TPSA) is 86.7 Å². The molecule has 6 nitrogen and oxygen atoms in total. The highest BCUT2D eigenvalue weighted by atomic mass is 79.9. The minimum absolute atomic E-state index is 0.00737. The number of carbonyl (C=O) groups excluding carboxylic acids is 3. The van der Waals surface area contributed by atoms with Gasteiger partial charge in [-0.05, 0) is 36.4 Å². The van der Waals surface area contributed by atoms with Gasteiger partial charge in [0, 0.05) is 10.0 Å². The molecule has 0 atom stereocenters. The SMILES string of the molecule is O=C1NC(=O)N(c2cccc(F)c2)C(=O)/C1=C\c1cc(Br)cc(Cl)c1O. The standard InChI is InChI=1S/C17H9BrClFN2O4/c18-9-4-8(14(23)13(19)6-9)5-12-15(24)21-17(26)22(16(12)25)11-3-1-2-10(20)7-11/h1-7,23H,(H,21,24,26)/b12-5-. The Morgan fingerprint density at radius 2 is 1.92 bits per heavy atom. The predicted molar refractivity (Wildman–Crippen MR) is 96.2 cm³/mol. The molecule has 2 aromatic rings. The van der Waals surface area contributed by atoms with Crippen molar-refractivity contribution < 1.29 is 23.9 Å². The Balaban J connectivity index is 2.09. The van der Waals surface area contributed by atoms with E-state index in [0.29, 0.717) is 9.37 Å². The van der Waals surface area contributed by atoms with Gasteiger partial charge in [0.25, 0.3) is 11.8 Å². The predicted octanol–water partition coefficient (Wildman–Crippen LogP) is 3.61. The Hall–Kier alpha value is -2.71. The highest BCUT2D eigenvalue weighted by molar-refractivity contribution is 9.10. The van der Waals surface area contributed by atoms with Crippen LogP contribution in [0.4, 0.5) is 14.9 Å². The average Bonchev–Trinajstić information content (AvgIpc) is 2.55. The Morgan fingerprint density at radius 3 is 2.62 bits per heavy atom. The molecule has 1 saturated heterocycles. The van der Waals surface area contributed by atoms with Gasteiger partial charge in [-0.15, -0.1) is 0 Å². The van der Waals surface area contributed by atoms with Crippen molar-refractivity contribution in [1.29, 1.82) is 0 Å². The molecule has 0 bridgehead atoms. The highest BCUT2D eigenvalue weighted by Crippen LogP contribution is 2.33. The molecule has 26 heavy (non-hydrogen) atoms. The van der Waals surface area contributed by atoms with Crippen LogP contribution in [0.25, 0.3) is 6.08 Å². The van der Waals surface area contributed by atoms with Crippen molar-refractivity contribution in [3.05, 3.63) is 62.8 Å². The summed E-state index contributed by atoms with van der Waals surface area (Å²) in [5, 5.41) is 12.0. The number of barbiturate groups is 1. The minimum atomic E-state index is -1.00. The number of phenolic OH excluding ortho intramolecular Hbond substituents is 1. The maximum Gasteiger partial charge on any atom is 0.335 e. The summed E-state index contributed by atoms with van der Waals surface area (Å²) in [5.41, 5.74) is -0.364. The van der Waals surface area contributed by atoms with Crippen molar-refractivity contribution in [2.45, 2.75) is 0 Å². The zero-order valence-electron chi connectivity index (χ0n) is 12.8. The number of nitrogens with zero attached hydrogens (tertiary/aromatic N) is 1. The monoisotopic (exact) mass is 438 g/mol. The molecule has 2 aromatic carbocycles. The number of hydrogen-bond acceptors (Lipinski definition) is 4. The number of rotatable bonds is 2. The summed E-state index contributed by atoms with van der Waals surface area (Å²) < 4.78 is 13.9. The smallest absolute Gasteiger partial charge is 0.335 e. The van der Waals surface area contributed by atoms with E-state index in [0.717, 1.165) is 18.2 Å². The van der Waals surface area contributed by atoms with Gasteiger partial charge in [0.2, 0.25) is 0 Å². The first kappa shape index (κ1) is 18.1. The molecule has 1 aliphatic rings. The van der Waals surface area contributed by atoms with Crippen LogP contribution in [0.15, 0.2) is 46.4 Å². The van der Waals surface area contributed by atoms with Crippen LogP contribution in [0, 0.1) is 5.82 Å². The quantitative estimate of drug-likeness (QED) is 0.553. The third-order valence-corrected chi connectivity index (χ3v) is 4.27. The molecule has 0 aromatic heterocycles. The van der Waals surface area contributed by atoms with Crippen molar-refractivity contribution in [1.82, 2.24) is 5.32 Å². The number of carbonyl (C=O) groups is 3. The maximum absolute atomic E-state index is 13.4. The Bertz CT molecular complexity index is 993. The van der Waals surface area contributed by atoms with Gasteiger partial charge in [-0.3, -0.25) is 14.9 Å². The van der Waals surface area contributed by atoms with Crippen molar-refractivity contribution >= 4 is 57.1 Å². The molecule has 9 heteroatoms. The number of hydrogen-bond donors (Lipinski definition) is 2. The first-order chi connectivity index (χ1) is 12.3. The number of halogens is 3. The van der Waals surface area contributed by atoms with E-state index >= 15 is 0 Å². The van der Waals surface area contributed by atoms with Crippen molar-refractivity contribution in [2.75, 3.05) is 4.90 Å². The fraction of sp³-hybridized carbons (Fsp3) is 0. The van der Waals surface area contributed by atoms with Gasteiger partial charge in [0.15, 0.2) is 0 Å². The lowest BCUT2D eigenvalue weighted by molar-refractivity contribution is -0.122. The van der Waals surface area contributed by atoms with Gasteiger partial charge < -0.3 is 5.11 Å². The molecule has 0 radical (unpaired) electrons. The molecule has 2 N–H and O–H groups in total. The summed E-state index contributed by atoms with van der Waals surface area (Å²) in [4.78, 5) is 37.4. The first-order valence-corrected chi connectivity index (χ1v) is 8.30. The van der Waals surface area contributed by atoms with Gasteiger partial charge in [0.05, 0.1) is 10.7 Å². The zero-order chi connectivity index (χ0) is 19.0. The van der Waals surface area contributed by atoms with Crippen LogP contribution < -0.4 is 10.2 Å². The fourth-order valence-corrected chi connectivity index (χ4v) is 3.19. The highest BCUT2D eigenvalue weighted by Gasteiger charge is 2.37. The molecule has 0 spiro atoms. The second-order valence-electron chi connectivity index (χ2n) is 5.26. The van der Waals surface area contributed by atoms with E-state index in [9.17, 15) is 23.9 Å². The molecule has 0 saturated carbocycles. The molecule has 1 aliphatic heterocycles. The van der Waals surface area contributed by atoms with Crippen LogP contribution >= 0.6 is 27.5 Å². The lowest BCUT2D eigenvalue weighted by Crippen LogP contribution is -2.54. The number of amides is 4. The lowest BCUT2D eigenvalue weighted by Gasteiger charge is -2.26. The normalized spacial score (nSPS) is 16.2. The molecular formula is C17H9BrClFN2O4. The van der Waals surface area contributed by atoms with E-state index in [2.05, 4.69) is 15.9 Å². The summed E-state index contributed by atoms with van der Waals surface area (Å²) in [7, 11) is 0. The van der Waals surface area contributed by atoms with Crippen LogP contribution in [-0.4, -0.2) is 23.0 Å². The van der Waals surface area contributed by atoms with Crippen LogP contribution in [0.5, 0.6) is 5.75 Å². The van der Waals surface area contributed by atoms with E-state index in [1.54, 1.807) is 0 Å². The molecule has 0 aliphatic carbocycles. The number of urea groups is 1. The summed E-state index contributed by atoms with van der Waals surface area (Å²) in [5.74, 6) is -2.89. The summed E-state index contributed by atoms with van der Waals surface area (Å²) in [6.45, 7) is 0. The van der Waals surface area contributed by atoms with E-state index in [4.69, 9.17) is 11.6 Å². The van der Waals surface area contributed by atoms with Gasteiger partial charge in [-0.25, -0.2) is 14.1 Å². The molecule has 0 unspecified atom stereocenters. The van der Waals surface area contributed by atoms with Gasteiger partial charge in [-0.1, -0.05) is 33.6 Å². The Kier molecular flexibility index (Phi) is 4.80. The number of imide groups is 2. The van der Waals surface area contributed by atoms with Crippen LogP contribution in [-0.2, 0) is 9.59 Å². The van der Waals surface area contributed by atoms with E-state index < -0.39 is 29.2 Å². The second kappa shape index (κ2) is 6.89. The zero-order valence-corrected chi connectivity index (χ0v) is 15.1. The molecular weight excluding hydrogens is 431 g/mol. The first-order valence-electron chi connectivity index (χ1n) is 7.13. The summed E-state index contributed by atoms with van der Waals surface area (Å²) >= 11 is 9.07. The number of phenols is 1. The molecule has 132 valence electrons.